The first-order chi connectivity index (χ1) is 9.88. The van der Waals surface area contributed by atoms with Crippen LogP contribution in [0.25, 0.3) is 0 Å². The minimum atomic E-state index is -3.80. The van der Waals surface area contributed by atoms with Gasteiger partial charge in [0.05, 0.1) is 10.6 Å². The Morgan fingerprint density at radius 1 is 1.05 bits per heavy atom. The van der Waals surface area contributed by atoms with Gasteiger partial charge in [-0.3, -0.25) is 0 Å². The molecule has 0 aliphatic heterocycles. The summed E-state index contributed by atoms with van der Waals surface area (Å²) in [6, 6.07) is 13.3. The lowest BCUT2D eigenvalue weighted by atomic mass is 10.3. The van der Waals surface area contributed by atoms with Gasteiger partial charge in [0.15, 0.2) is 5.75 Å². The lowest BCUT2D eigenvalue weighted by Crippen LogP contribution is -2.32. The molecule has 2 aromatic carbocycles. The van der Waals surface area contributed by atoms with E-state index in [1.54, 1.807) is 30.3 Å². The number of para-hydroxylation sites is 1. The number of sulfonamides is 1. The molecule has 0 aliphatic carbocycles. The maximum absolute atomic E-state index is 11.2. The van der Waals surface area contributed by atoms with Gasteiger partial charge < -0.3 is 9.94 Å². The summed E-state index contributed by atoms with van der Waals surface area (Å²) in [4.78, 5) is 16.4. The van der Waals surface area contributed by atoms with Crippen molar-refractivity contribution in [2.75, 3.05) is 5.06 Å². The molecule has 0 unspecified atom stereocenters. The molecule has 0 fully saturated rings. The molecular formula is C13H12N2O5S. The van der Waals surface area contributed by atoms with Gasteiger partial charge in [0.1, 0.15) is 0 Å². The molecule has 0 saturated heterocycles. The zero-order chi connectivity index (χ0) is 15.5. The van der Waals surface area contributed by atoms with E-state index in [0.29, 0.717) is 10.8 Å². The summed E-state index contributed by atoms with van der Waals surface area (Å²) in [5.41, 5.74) is 0.320. The number of nitrogens with two attached hydrogens (primary N) is 1. The van der Waals surface area contributed by atoms with Gasteiger partial charge in [-0.05, 0) is 36.4 Å². The van der Waals surface area contributed by atoms with Crippen molar-refractivity contribution in [3.8, 4) is 5.75 Å². The second-order valence-electron chi connectivity index (χ2n) is 4.02. The SMILES string of the molecule is NS(=O)(=O)c1ccc(ON(C(=O)O)c2ccccc2)cc1. The van der Waals surface area contributed by atoms with Crippen LogP contribution >= 0.6 is 0 Å². The molecule has 7 nitrogen and oxygen atoms in total. The van der Waals surface area contributed by atoms with Crippen LogP contribution in [0.3, 0.4) is 0 Å². The average molecular weight is 308 g/mol. The zero-order valence-corrected chi connectivity index (χ0v) is 11.5. The lowest BCUT2D eigenvalue weighted by molar-refractivity contribution is 0.168. The van der Waals surface area contributed by atoms with Crippen LogP contribution in [0.1, 0.15) is 0 Å². The summed E-state index contributed by atoms with van der Waals surface area (Å²) < 4.78 is 22.3. The number of amides is 1. The Labute approximate surface area is 121 Å². The maximum atomic E-state index is 11.2. The Morgan fingerprint density at radius 3 is 2.10 bits per heavy atom. The summed E-state index contributed by atoms with van der Waals surface area (Å²) >= 11 is 0. The van der Waals surface area contributed by atoms with Crippen molar-refractivity contribution >= 4 is 21.8 Å². The highest BCUT2D eigenvalue weighted by molar-refractivity contribution is 7.89. The van der Waals surface area contributed by atoms with Gasteiger partial charge in [0.2, 0.25) is 10.0 Å². The van der Waals surface area contributed by atoms with E-state index < -0.39 is 16.1 Å². The first-order valence-corrected chi connectivity index (χ1v) is 7.31. The van der Waals surface area contributed by atoms with Crippen LogP contribution in [0.15, 0.2) is 59.5 Å². The summed E-state index contributed by atoms with van der Waals surface area (Å²) in [6.45, 7) is 0. The molecule has 0 aliphatic rings. The predicted molar refractivity (Wildman–Crippen MR) is 75.4 cm³/mol. The Bertz CT molecular complexity index is 729. The first-order valence-electron chi connectivity index (χ1n) is 5.77. The fraction of sp³-hybridized carbons (Fsp3) is 0. The van der Waals surface area contributed by atoms with Crippen molar-refractivity contribution in [2.24, 2.45) is 5.14 Å². The number of benzene rings is 2. The number of rotatable bonds is 4. The highest BCUT2D eigenvalue weighted by Gasteiger charge is 2.17. The van der Waals surface area contributed by atoms with Crippen LogP contribution in [-0.2, 0) is 10.0 Å². The number of hydrogen-bond donors (Lipinski definition) is 2. The van der Waals surface area contributed by atoms with Crippen LogP contribution < -0.4 is 15.0 Å². The van der Waals surface area contributed by atoms with E-state index in [4.69, 9.17) is 15.1 Å². The van der Waals surface area contributed by atoms with Crippen LogP contribution in [0.5, 0.6) is 5.75 Å². The van der Waals surface area contributed by atoms with Crippen molar-refractivity contribution in [1.29, 1.82) is 0 Å². The summed E-state index contributed by atoms with van der Waals surface area (Å²) in [5, 5.41) is 14.8. The molecule has 0 bridgehead atoms. The third kappa shape index (κ3) is 3.71. The molecule has 2 rings (SSSR count). The second kappa shape index (κ2) is 5.81. The predicted octanol–water partition coefficient (Wildman–Crippen LogP) is 1.81. The lowest BCUT2D eigenvalue weighted by Gasteiger charge is -2.19. The molecule has 0 radical (unpaired) electrons. The Hall–Kier alpha value is -2.58. The summed E-state index contributed by atoms with van der Waals surface area (Å²) in [7, 11) is -3.80. The van der Waals surface area contributed by atoms with E-state index in [2.05, 4.69) is 0 Å². The number of carbonyl (C=O) groups is 1. The molecule has 21 heavy (non-hydrogen) atoms. The normalized spacial score (nSPS) is 10.9. The van der Waals surface area contributed by atoms with Crippen molar-refractivity contribution in [2.45, 2.75) is 4.90 Å². The molecule has 110 valence electrons. The number of carboxylic acid groups (broad SMARTS) is 1. The van der Waals surface area contributed by atoms with Crippen LogP contribution in [0.4, 0.5) is 10.5 Å². The second-order valence-corrected chi connectivity index (χ2v) is 5.58. The number of primary sulfonamides is 1. The number of hydroxylamine groups is 1. The van der Waals surface area contributed by atoms with Gasteiger partial charge in [-0.2, -0.15) is 0 Å². The summed E-state index contributed by atoms with van der Waals surface area (Å²) in [6.07, 6.45) is -1.31. The smallest absolute Gasteiger partial charge is 0.445 e. The van der Waals surface area contributed by atoms with Crippen LogP contribution in [-0.4, -0.2) is 19.6 Å². The molecule has 0 atom stereocenters. The molecule has 0 saturated carbocycles. The standard InChI is InChI=1S/C13H12N2O5S/c14-21(18,19)12-8-6-11(7-9-12)20-15(13(16)17)10-4-2-1-3-5-10/h1-9H,(H,16,17)(H2,14,18,19). The van der Waals surface area contributed by atoms with Crippen molar-refractivity contribution in [3.05, 3.63) is 54.6 Å². The molecule has 0 heterocycles. The van der Waals surface area contributed by atoms with Gasteiger partial charge in [-0.1, -0.05) is 18.2 Å². The van der Waals surface area contributed by atoms with E-state index >= 15 is 0 Å². The van der Waals surface area contributed by atoms with E-state index in [-0.39, 0.29) is 10.6 Å². The van der Waals surface area contributed by atoms with E-state index in [1.807, 2.05) is 0 Å². The minimum Gasteiger partial charge on any atom is -0.463 e. The van der Waals surface area contributed by atoms with Gasteiger partial charge in [0, 0.05) is 0 Å². The van der Waals surface area contributed by atoms with E-state index in [0.717, 1.165) is 0 Å². The fourth-order valence-electron chi connectivity index (χ4n) is 1.56. The van der Waals surface area contributed by atoms with Gasteiger partial charge >= 0.3 is 6.09 Å². The van der Waals surface area contributed by atoms with Crippen LogP contribution in [0.2, 0.25) is 0 Å². The number of nitrogens with zero attached hydrogens (tertiary/aromatic N) is 1. The molecule has 0 aromatic heterocycles. The van der Waals surface area contributed by atoms with Crippen LogP contribution in [0, 0.1) is 0 Å². The Morgan fingerprint density at radius 2 is 1.62 bits per heavy atom. The van der Waals surface area contributed by atoms with Crippen molar-refractivity contribution in [1.82, 2.24) is 0 Å². The molecule has 2 aromatic rings. The van der Waals surface area contributed by atoms with Gasteiger partial charge in [-0.25, -0.2) is 18.4 Å². The first kappa shape index (κ1) is 14.8. The van der Waals surface area contributed by atoms with Gasteiger partial charge in [0.25, 0.3) is 0 Å². The van der Waals surface area contributed by atoms with Crippen molar-refractivity contribution in [3.63, 3.8) is 0 Å². The largest absolute Gasteiger partial charge is 0.463 e. The monoisotopic (exact) mass is 308 g/mol. The third-order valence-corrected chi connectivity index (χ3v) is 3.44. The quantitative estimate of drug-likeness (QED) is 0.837. The zero-order valence-electron chi connectivity index (χ0n) is 10.7. The highest BCUT2D eigenvalue weighted by Crippen LogP contribution is 2.20. The van der Waals surface area contributed by atoms with Crippen molar-refractivity contribution < 1.29 is 23.2 Å². The molecule has 3 N–H and O–H groups in total. The fourth-order valence-corrected chi connectivity index (χ4v) is 2.08. The Kier molecular flexibility index (Phi) is 4.10. The minimum absolute atomic E-state index is 0.0866. The highest BCUT2D eigenvalue weighted by atomic mass is 32.2. The molecule has 0 spiro atoms. The maximum Gasteiger partial charge on any atom is 0.445 e. The number of anilines is 1. The number of hydrogen-bond acceptors (Lipinski definition) is 4. The van der Waals surface area contributed by atoms with E-state index in [1.165, 1.54) is 24.3 Å². The van der Waals surface area contributed by atoms with E-state index in [9.17, 15) is 13.2 Å². The topological polar surface area (TPSA) is 110 Å². The molecular weight excluding hydrogens is 296 g/mol. The molecule has 8 heteroatoms. The third-order valence-electron chi connectivity index (χ3n) is 2.51. The average Bonchev–Trinajstić information content (AvgIpc) is 2.45. The molecule has 1 amide bonds. The summed E-state index contributed by atoms with van der Waals surface area (Å²) in [5.74, 6) is 0.161. The Balaban J connectivity index is 2.24. The van der Waals surface area contributed by atoms with Gasteiger partial charge in [-0.15, -0.1) is 5.06 Å².